The maximum Gasteiger partial charge on any atom is 0.404 e. The van der Waals surface area contributed by atoms with Crippen LogP contribution < -0.4 is 5.32 Å². The highest BCUT2D eigenvalue weighted by Crippen LogP contribution is 2.40. The van der Waals surface area contributed by atoms with Crippen molar-refractivity contribution in [2.24, 2.45) is 0 Å². The lowest BCUT2D eigenvalue weighted by Crippen LogP contribution is -2.24. The van der Waals surface area contributed by atoms with Crippen LogP contribution in [0.5, 0.6) is 0 Å². The van der Waals surface area contributed by atoms with Gasteiger partial charge in [-0.15, -0.1) is 0 Å². The van der Waals surface area contributed by atoms with E-state index in [0.717, 1.165) is 12.0 Å². The van der Waals surface area contributed by atoms with Crippen LogP contribution in [0.2, 0.25) is 5.02 Å². The Hall–Kier alpha value is -1.22. The molecule has 1 aromatic carbocycles. The van der Waals surface area contributed by atoms with Crippen molar-refractivity contribution in [2.45, 2.75) is 18.4 Å². The Kier molecular flexibility index (Phi) is 2.33. The monoisotopic (exact) mass is 211 g/mol. The van der Waals surface area contributed by atoms with Gasteiger partial charge in [-0.3, -0.25) is 0 Å². The van der Waals surface area contributed by atoms with E-state index >= 15 is 0 Å². The van der Waals surface area contributed by atoms with Gasteiger partial charge in [0.05, 0.1) is 0 Å². The van der Waals surface area contributed by atoms with Crippen molar-refractivity contribution in [3.63, 3.8) is 0 Å². The summed E-state index contributed by atoms with van der Waals surface area (Å²) in [6.45, 7) is 0. The smallest absolute Gasteiger partial charge is 0.404 e. The SMILES string of the molecule is O=C(O)NC1CC1c1ccc(Cl)cc1. The fourth-order valence-electron chi connectivity index (χ4n) is 1.59. The molecule has 0 aliphatic heterocycles. The van der Waals surface area contributed by atoms with Crippen molar-refractivity contribution in [3.8, 4) is 0 Å². The molecule has 0 heterocycles. The average Bonchev–Trinajstić information content (AvgIpc) is 2.84. The first kappa shape index (κ1) is 9.34. The molecule has 1 saturated carbocycles. The van der Waals surface area contributed by atoms with Crippen LogP contribution >= 0.6 is 11.6 Å². The number of rotatable bonds is 2. The van der Waals surface area contributed by atoms with Gasteiger partial charge in [-0.1, -0.05) is 23.7 Å². The Morgan fingerprint density at radius 2 is 2.07 bits per heavy atom. The summed E-state index contributed by atoms with van der Waals surface area (Å²) in [6, 6.07) is 7.61. The van der Waals surface area contributed by atoms with Gasteiger partial charge in [0, 0.05) is 17.0 Å². The van der Waals surface area contributed by atoms with E-state index in [2.05, 4.69) is 5.32 Å². The quantitative estimate of drug-likeness (QED) is 0.790. The van der Waals surface area contributed by atoms with Crippen molar-refractivity contribution in [2.75, 3.05) is 0 Å². The number of hydrogen-bond donors (Lipinski definition) is 2. The van der Waals surface area contributed by atoms with Gasteiger partial charge in [0.2, 0.25) is 0 Å². The van der Waals surface area contributed by atoms with Gasteiger partial charge in [0.1, 0.15) is 0 Å². The van der Waals surface area contributed by atoms with Crippen LogP contribution in [0.25, 0.3) is 0 Å². The first-order chi connectivity index (χ1) is 6.66. The minimum Gasteiger partial charge on any atom is -0.465 e. The maximum absolute atomic E-state index is 10.3. The molecule has 14 heavy (non-hydrogen) atoms. The molecule has 0 bridgehead atoms. The molecule has 2 atom stereocenters. The molecule has 1 aliphatic rings. The number of amides is 1. The van der Waals surface area contributed by atoms with Crippen LogP contribution in [0.15, 0.2) is 24.3 Å². The molecule has 1 aliphatic carbocycles. The van der Waals surface area contributed by atoms with Crippen molar-refractivity contribution in [1.29, 1.82) is 0 Å². The first-order valence-corrected chi connectivity index (χ1v) is 4.79. The van der Waals surface area contributed by atoms with E-state index in [9.17, 15) is 4.79 Å². The molecule has 0 spiro atoms. The van der Waals surface area contributed by atoms with Crippen molar-refractivity contribution >= 4 is 17.7 Å². The molecule has 2 N–H and O–H groups in total. The van der Waals surface area contributed by atoms with E-state index in [4.69, 9.17) is 16.7 Å². The molecule has 1 fully saturated rings. The van der Waals surface area contributed by atoms with Gasteiger partial charge in [0.15, 0.2) is 0 Å². The number of carboxylic acid groups (broad SMARTS) is 1. The van der Waals surface area contributed by atoms with Gasteiger partial charge in [-0.2, -0.15) is 0 Å². The van der Waals surface area contributed by atoms with E-state index < -0.39 is 6.09 Å². The second kappa shape index (κ2) is 3.50. The molecule has 1 amide bonds. The lowest BCUT2D eigenvalue weighted by molar-refractivity contribution is 0.193. The minimum atomic E-state index is -0.952. The van der Waals surface area contributed by atoms with Crippen LogP contribution in [-0.2, 0) is 0 Å². The zero-order chi connectivity index (χ0) is 10.1. The third kappa shape index (κ3) is 1.99. The summed E-state index contributed by atoms with van der Waals surface area (Å²) in [4.78, 5) is 10.3. The van der Waals surface area contributed by atoms with Crippen molar-refractivity contribution in [1.82, 2.24) is 5.32 Å². The Morgan fingerprint density at radius 1 is 1.43 bits per heavy atom. The van der Waals surface area contributed by atoms with Crippen LogP contribution in [0, 0.1) is 0 Å². The molecule has 4 heteroatoms. The molecule has 2 rings (SSSR count). The van der Waals surface area contributed by atoms with Gasteiger partial charge >= 0.3 is 6.09 Å². The average molecular weight is 212 g/mol. The second-order valence-electron chi connectivity index (χ2n) is 3.45. The molecular formula is C10H10ClNO2. The van der Waals surface area contributed by atoms with Crippen LogP contribution in [-0.4, -0.2) is 17.2 Å². The fraction of sp³-hybridized carbons (Fsp3) is 0.300. The molecule has 0 saturated heterocycles. The summed E-state index contributed by atoms with van der Waals surface area (Å²) in [5.74, 6) is 0.323. The summed E-state index contributed by atoms with van der Waals surface area (Å²) >= 11 is 5.75. The Labute approximate surface area is 86.7 Å². The highest BCUT2D eigenvalue weighted by atomic mass is 35.5. The van der Waals surface area contributed by atoms with Crippen LogP contribution in [0.1, 0.15) is 17.9 Å². The maximum atomic E-state index is 10.3. The molecule has 0 radical (unpaired) electrons. The van der Waals surface area contributed by atoms with Gasteiger partial charge in [-0.25, -0.2) is 4.79 Å². The first-order valence-electron chi connectivity index (χ1n) is 4.42. The normalized spacial score (nSPS) is 24.4. The number of halogens is 1. The topological polar surface area (TPSA) is 49.3 Å². The van der Waals surface area contributed by atoms with Crippen LogP contribution in [0.3, 0.4) is 0 Å². The summed E-state index contributed by atoms with van der Waals surface area (Å²) < 4.78 is 0. The lowest BCUT2D eigenvalue weighted by atomic mass is 10.1. The predicted octanol–water partition coefficient (Wildman–Crippen LogP) is 2.46. The van der Waals surface area contributed by atoms with Gasteiger partial charge in [0.25, 0.3) is 0 Å². The van der Waals surface area contributed by atoms with E-state index in [-0.39, 0.29) is 6.04 Å². The Bertz CT molecular complexity index is 350. The summed E-state index contributed by atoms with van der Waals surface area (Å²) in [5, 5.41) is 11.7. The predicted molar refractivity (Wildman–Crippen MR) is 53.8 cm³/mol. The molecule has 2 unspecified atom stereocenters. The van der Waals surface area contributed by atoms with Crippen molar-refractivity contribution < 1.29 is 9.90 Å². The molecule has 0 aromatic heterocycles. The van der Waals surface area contributed by atoms with Crippen LogP contribution in [0.4, 0.5) is 4.79 Å². The Balaban J connectivity index is 1.99. The lowest BCUT2D eigenvalue weighted by Gasteiger charge is -2.00. The van der Waals surface area contributed by atoms with E-state index in [0.29, 0.717) is 10.9 Å². The number of nitrogens with one attached hydrogen (secondary N) is 1. The third-order valence-corrected chi connectivity index (χ3v) is 2.65. The fourth-order valence-corrected chi connectivity index (χ4v) is 1.72. The molecular weight excluding hydrogens is 202 g/mol. The van der Waals surface area contributed by atoms with Gasteiger partial charge in [-0.05, 0) is 24.1 Å². The second-order valence-corrected chi connectivity index (χ2v) is 3.89. The Morgan fingerprint density at radius 3 is 2.64 bits per heavy atom. The summed E-state index contributed by atoms with van der Waals surface area (Å²) in [7, 11) is 0. The number of carbonyl (C=O) groups is 1. The summed E-state index contributed by atoms with van der Waals surface area (Å²) in [5.41, 5.74) is 1.15. The number of hydrogen-bond acceptors (Lipinski definition) is 1. The zero-order valence-electron chi connectivity index (χ0n) is 7.40. The third-order valence-electron chi connectivity index (χ3n) is 2.40. The molecule has 3 nitrogen and oxygen atoms in total. The van der Waals surface area contributed by atoms with E-state index in [1.807, 2.05) is 24.3 Å². The van der Waals surface area contributed by atoms with Gasteiger partial charge < -0.3 is 10.4 Å². The highest BCUT2D eigenvalue weighted by molar-refractivity contribution is 6.30. The minimum absolute atomic E-state index is 0.0775. The standard InChI is InChI=1S/C10H10ClNO2/c11-7-3-1-6(2-4-7)8-5-9(8)12-10(13)14/h1-4,8-9,12H,5H2,(H,13,14). The largest absolute Gasteiger partial charge is 0.465 e. The zero-order valence-corrected chi connectivity index (χ0v) is 8.16. The van der Waals surface area contributed by atoms with E-state index in [1.54, 1.807) is 0 Å². The van der Waals surface area contributed by atoms with E-state index in [1.165, 1.54) is 0 Å². The molecule has 1 aromatic rings. The molecule has 74 valence electrons. The summed E-state index contributed by atoms with van der Waals surface area (Å²) in [6.07, 6.45) is -0.0695. The van der Waals surface area contributed by atoms with Crippen molar-refractivity contribution in [3.05, 3.63) is 34.9 Å². The number of benzene rings is 1. The highest BCUT2D eigenvalue weighted by Gasteiger charge is 2.39.